The van der Waals surface area contributed by atoms with Crippen LogP contribution in [0.5, 0.6) is 0 Å². The summed E-state index contributed by atoms with van der Waals surface area (Å²) in [5, 5.41) is 9.71. The van der Waals surface area contributed by atoms with Gasteiger partial charge in [-0.3, -0.25) is 0 Å². The van der Waals surface area contributed by atoms with Crippen LogP contribution in [0.2, 0.25) is 0 Å². The van der Waals surface area contributed by atoms with E-state index < -0.39 is 0 Å². The molecule has 61 heavy (non-hydrogen) atoms. The average Bonchev–Trinajstić information content (AvgIpc) is 3.73. The SMILES string of the molecule is c1ccc(-c2cccc(-c3cc(-c4ccc(-c5cccc6oc7ccccc7c56)cc4)nc(-c4ccc(-c5c6ccccc6cc6c5ccc5ccccc56)cc4)n3)c2)cc1. The second-order valence-corrected chi connectivity index (χ2v) is 15.7. The van der Waals surface area contributed by atoms with Crippen LogP contribution < -0.4 is 0 Å². The van der Waals surface area contributed by atoms with Crippen LogP contribution >= 0.6 is 0 Å². The van der Waals surface area contributed by atoms with Gasteiger partial charge in [0.25, 0.3) is 0 Å². The predicted octanol–water partition coefficient (Wildman–Crippen LogP) is 15.8. The molecule has 0 saturated carbocycles. The van der Waals surface area contributed by atoms with Crippen LogP contribution in [-0.2, 0) is 0 Å². The van der Waals surface area contributed by atoms with Gasteiger partial charge in [0.2, 0.25) is 0 Å². The normalized spacial score (nSPS) is 11.6. The summed E-state index contributed by atoms with van der Waals surface area (Å²) >= 11 is 0. The van der Waals surface area contributed by atoms with Crippen molar-refractivity contribution in [3.8, 4) is 67.3 Å². The monoisotopic (exact) mass is 776 g/mol. The molecule has 3 nitrogen and oxygen atoms in total. The van der Waals surface area contributed by atoms with Gasteiger partial charge in [0.1, 0.15) is 11.2 Å². The number of benzene rings is 10. The third kappa shape index (κ3) is 6.06. The zero-order chi connectivity index (χ0) is 40.3. The van der Waals surface area contributed by atoms with Crippen LogP contribution in [0.25, 0.3) is 122 Å². The van der Waals surface area contributed by atoms with Gasteiger partial charge in [-0.2, -0.15) is 0 Å². The average molecular weight is 777 g/mol. The van der Waals surface area contributed by atoms with E-state index in [-0.39, 0.29) is 0 Å². The zero-order valence-corrected chi connectivity index (χ0v) is 33.1. The van der Waals surface area contributed by atoms with Crippen LogP contribution in [0.1, 0.15) is 0 Å². The Kier molecular flexibility index (Phi) is 8.17. The molecule has 284 valence electrons. The lowest BCUT2D eigenvalue weighted by atomic mass is 9.89. The van der Waals surface area contributed by atoms with Crippen molar-refractivity contribution in [3.63, 3.8) is 0 Å². The van der Waals surface area contributed by atoms with Gasteiger partial charge in [0, 0.05) is 27.5 Å². The number of furan rings is 1. The number of rotatable bonds is 6. The van der Waals surface area contributed by atoms with Crippen LogP contribution in [0.4, 0.5) is 0 Å². The van der Waals surface area contributed by atoms with E-state index in [9.17, 15) is 0 Å². The number of fused-ring (bicyclic) bond motifs is 7. The summed E-state index contributed by atoms with van der Waals surface area (Å²) in [5.74, 6) is 0.677. The van der Waals surface area contributed by atoms with E-state index in [4.69, 9.17) is 14.4 Å². The molecule has 0 amide bonds. The van der Waals surface area contributed by atoms with E-state index in [0.717, 1.165) is 72.3 Å². The Balaban J connectivity index is 0.985. The fourth-order valence-electron chi connectivity index (χ4n) is 9.11. The smallest absolute Gasteiger partial charge is 0.160 e. The van der Waals surface area contributed by atoms with Crippen molar-refractivity contribution in [3.05, 3.63) is 218 Å². The molecule has 0 saturated heterocycles. The second kappa shape index (κ2) is 14.3. The molecular formula is C58H36N2O. The highest BCUT2D eigenvalue weighted by molar-refractivity contribution is 6.20. The first-order valence-electron chi connectivity index (χ1n) is 20.7. The molecule has 2 heterocycles. The quantitative estimate of drug-likeness (QED) is 0.125. The standard InChI is InChI=1S/C58H36N2O/c1-2-12-37(13-3-1)43-16-10-17-45(34-43)53-36-52(40-26-24-39(25-27-40)47-21-11-23-55-57(47)50-20-8-9-22-54(50)61-55)59-58(60-53)42-30-28-41(29-31-42)56-48-19-7-5-15-44(48)35-51-46-18-6-4-14-38(46)32-33-49(51)56/h1-36H. The molecule has 10 aromatic carbocycles. The van der Waals surface area contributed by atoms with Crippen molar-refractivity contribution < 1.29 is 4.42 Å². The van der Waals surface area contributed by atoms with Gasteiger partial charge >= 0.3 is 0 Å². The lowest BCUT2D eigenvalue weighted by molar-refractivity contribution is 0.669. The zero-order valence-electron chi connectivity index (χ0n) is 33.1. The minimum Gasteiger partial charge on any atom is -0.456 e. The first kappa shape index (κ1) is 34.9. The molecule has 0 atom stereocenters. The Morgan fingerprint density at radius 2 is 0.902 bits per heavy atom. The van der Waals surface area contributed by atoms with Crippen molar-refractivity contribution >= 4 is 54.3 Å². The maximum atomic E-state index is 6.22. The highest BCUT2D eigenvalue weighted by Gasteiger charge is 2.17. The summed E-state index contributed by atoms with van der Waals surface area (Å²) in [4.78, 5) is 10.5. The molecule has 0 unspecified atom stereocenters. The maximum Gasteiger partial charge on any atom is 0.160 e. The predicted molar refractivity (Wildman–Crippen MR) is 254 cm³/mol. The molecule has 0 N–H and O–H groups in total. The Morgan fingerprint density at radius 3 is 1.74 bits per heavy atom. The molecule has 0 spiro atoms. The summed E-state index contributed by atoms with van der Waals surface area (Å²) in [6.45, 7) is 0. The Labute approximate surface area is 352 Å². The lowest BCUT2D eigenvalue weighted by Gasteiger charge is -2.15. The lowest BCUT2D eigenvalue weighted by Crippen LogP contribution is -1.96. The van der Waals surface area contributed by atoms with Crippen molar-refractivity contribution in [2.75, 3.05) is 0 Å². The van der Waals surface area contributed by atoms with Crippen LogP contribution in [0, 0.1) is 0 Å². The minimum atomic E-state index is 0.677. The summed E-state index contributed by atoms with van der Waals surface area (Å²) < 4.78 is 6.22. The van der Waals surface area contributed by atoms with Gasteiger partial charge < -0.3 is 4.42 Å². The fraction of sp³-hybridized carbons (Fsp3) is 0. The van der Waals surface area contributed by atoms with E-state index in [0.29, 0.717) is 5.82 Å². The van der Waals surface area contributed by atoms with Crippen LogP contribution in [0.15, 0.2) is 223 Å². The van der Waals surface area contributed by atoms with Gasteiger partial charge in [0.15, 0.2) is 5.82 Å². The second-order valence-electron chi connectivity index (χ2n) is 15.7. The summed E-state index contributed by atoms with van der Waals surface area (Å²) in [5.41, 5.74) is 13.5. The van der Waals surface area contributed by atoms with Crippen molar-refractivity contribution in [2.45, 2.75) is 0 Å². The molecule has 2 aromatic heterocycles. The molecular weight excluding hydrogens is 741 g/mol. The number of hydrogen-bond donors (Lipinski definition) is 0. The number of aromatic nitrogens is 2. The van der Waals surface area contributed by atoms with Gasteiger partial charge in [-0.05, 0) is 96.0 Å². The van der Waals surface area contributed by atoms with Crippen LogP contribution in [0.3, 0.4) is 0 Å². The molecule has 12 aromatic rings. The molecule has 0 bridgehead atoms. The Hall–Kier alpha value is -8.14. The van der Waals surface area contributed by atoms with E-state index in [1.807, 2.05) is 18.2 Å². The summed E-state index contributed by atoms with van der Waals surface area (Å²) in [7, 11) is 0. The van der Waals surface area contributed by atoms with E-state index in [1.165, 1.54) is 43.4 Å². The van der Waals surface area contributed by atoms with Gasteiger partial charge in [0.05, 0.1) is 11.4 Å². The molecule has 0 radical (unpaired) electrons. The van der Waals surface area contributed by atoms with Gasteiger partial charge in [-0.1, -0.05) is 188 Å². The Morgan fingerprint density at radius 1 is 0.295 bits per heavy atom. The van der Waals surface area contributed by atoms with Gasteiger partial charge in [-0.15, -0.1) is 0 Å². The first-order chi connectivity index (χ1) is 30.2. The topological polar surface area (TPSA) is 38.9 Å². The minimum absolute atomic E-state index is 0.677. The highest BCUT2D eigenvalue weighted by Crippen LogP contribution is 2.41. The van der Waals surface area contributed by atoms with Gasteiger partial charge in [-0.25, -0.2) is 9.97 Å². The molecule has 0 aliphatic carbocycles. The molecule has 0 fully saturated rings. The summed E-state index contributed by atoms with van der Waals surface area (Å²) in [6.07, 6.45) is 0. The van der Waals surface area contributed by atoms with Crippen molar-refractivity contribution in [1.82, 2.24) is 9.97 Å². The van der Waals surface area contributed by atoms with Crippen molar-refractivity contribution in [2.24, 2.45) is 0 Å². The number of para-hydroxylation sites is 1. The largest absolute Gasteiger partial charge is 0.456 e. The third-order valence-corrected chi connectivity index (χ3v) is 12.1. The third-order valence-electron chi connectivity index (χ3n) is 12.1. The number of hydrogen-bond acceptors (Lipinski definition) is 3. The van der Waals surface area contributed by atoms with E-state index in [2.05, 4.69) is 200 Å². The van der Waals surface area contributed by atoms with E-state index in [1.54, 1.807) is 0 Å². The fourth-order valence-corrected chi connectivity index (χ4v) is 9.11. The highest BCUT2D eigenvalue weighted by atomic mass is 16.3. The molecule has 12 rings (SSSR count). The summed E-state index contributed by atoms with van der Waals surface area (Å²) in [6, 6.07) is 77.5. The molecule has 3 heteroatoms. The van der Waals surface area contributed by atoms with Crippen LogP contribution in [-0.4, -0.2) is 9.97 Å². The van der Waals surface area contributed by atoms with E-state index >= 15 is 0 Å². The maximum absolute atomic E-state index is 6.22. The molecule has 0 aliphatic rings. The Bertz CT molecular complexity index is 3620. The first-order valence-corrected chi connectivity index (χ1v) is 20.7. The molecule has 0 aliphatic heterocycles. The number of nitrogens with zero attached hydrogens (tertiary/aromatic N) is 2. The van der Waals surface area contributed by atoms with Crippen molar-refractivity contribution in [1.29, 1.82) is 0 Å².